The average molecular weight is 551 g/mol. The summed E-state index contributed by atoms with van der Waals surface area (Å²) in [5.41, 5.74) is 0.236. The number of nitrogens with one attached hydrogen (secondary N) is 2. The molecule has 200 valence electrons. The van der Waals surface area contributed by atoms with Crippen LogP contribution in [0.5, 0.6) is 5.75 Å². The fourth-order valence-corrected chi connectivity index (χ4v) is 3.74. The number of hydrogen-bond acceptors (Lipinski definition) is 4. The number of nitrogens with zero attached hydrogens (tertiary/aromatic N) is 2. The number of ether oxygens (including phenoxy) is 1. The monoisotopic (exact) mass is 550 g/mol. The molecule has 2 aromatic heterocycles. The van der Waals surface area contributed by atoms with E-state index < -0.39 is 35.4 Å². The Morgan fingerprint density at radius 3 is 2.47 bits per heavy atom. The Morgan fingerprint density at radius 2 is 1.84 bits per heavy atom. The van der Waals surface area contributed by atoms with Crippen molar-refractivity contribution in [1.29, 1.82) is 0 Å². The van der Waals surface area contributed by atoms with E-state index in [0.29, 0.717) is 16.7 Å². The van der Waals surface area contributed by atoms with Gasteiger partial charge in [-0.15, -0.1) is 12.4 Å². The van der Waals surface area contributed by atoms with Crippen molar-refractivity contribution in [1.82, 2.24) is 14.8 Å². The highest BCUT2D eigenvalue weighted by atomic mass is 35.5. The predicted molar refractivity (Wildman–Crippen MR) is 137 cm³/mol. The van der Waals surface area contributed by atoms with Crippen molar-refractivity contribution in [3.8, 4) is 28.0 Å². The Bertz CT molecular complexity index is 1520. The minimum absolute atomic E-state index is 0. The maximum Gasteiger partial charge on any atom is 0.416 e. The van der Waals surface area contributed by atoms with Gasteiger partial charge in [-0.25, -0.2) is 4.39 Å². The van der Waals surface area contributed by atoms with E-state index in [0.717, 1.165) is 12.1 Å². The van der Waals surface area contributed by atoms with Crippen molar-refractivity contribution >= 4 is 24.0 Å². The van der Waals surface area contributed by atoms with Gasteiger partial charge in [-0.05, 0) is 53.9 Å². The third-order valence-electron chi connectivity index (χ3n) is 5.49. The van der Waals surface area contributed by atoms with E-state index in [4.69, 9.17) is 4.74 Å². The lowest BCUT2D eigenvalue weighted by molar-refractivity contribution is -0.137. The number of benzene rings is 2. The van der Waals surface area contributed by atoms with Crippen LogP contribution < -0.4 is 15.6 Å². The van der Waals surface area contributed by atoms with Gasteiger partial charge in [0.05, 0.1) is 24.8 Å². The zero-order valence-corrected chi connectivity index (χ0v) is 21.0. The minimum Gasteiger partial charge on any atom is -0.488 e. The molecule has 0 fully saturated rings. The number of halogens is 5. The summed E-state index contributed by atoms with van der Waals surface area (Å²) >= 11 is 0. The number of carbonyl (C=O) groups excluding carboxylic acids is 1. The van der Waals surface area contributed by atoms with E-state index >= 15 is 0 Å². The first-order valence-electron chi connectivity index (χ1n) is 11.2. The van der Waals surface area contributed by atoms with Gasteiger partial charge >= 0.3 is 6.18 Å². The molecule has 0 aliphatic carbocycles. The number of aromatic amines is 1. The van der Waals surface area contributed by atoms with Gasteiger partial charge in [0.1, 0.15) is 5.82 Å². The summed E-state index contributed by atoms with van der Waals surface area (Å²) in [5.74, 6) is -1.28. The van der Waals surface area contributed by atoms with Crippen LogP contribution in [-0.2, 0) is 24.4 Å². The molecule has 4 rings (SSSR count). The molecule has 12 heteroatoms. The zero-order valence-electron chi connectivity index (χ0n) is 20.2. The van der Waals surface area contributed by atoms with Crippen LogP contribution in [0.1, 0.15) is 18.1 Å². The minimum atomic E-state index is -4.64. The maximum atomic E-state index is 14.8. The third kappa shape index (κ3) is 6.60. The fraction of sp³-hybridized carbons (Fsp3) is 0.192. The topological polar surface area (TPSA) is 89.0 Å². The Morgan fingerprint density at radius 1 is 1.08 bits per heavy atom. The molecule has 1 amide bonds. The van der Waals surface area contributed by atoms with Gasteiger partial charge in [-0.3, -0.25) is 14.3 Å². The molecule has 2 N–H and O–H groups in total. The quantitative estimate of drug-likeness (QED) is 0.293. The summed E-state index contributed by atoms with van der Waals surface area (Å²) in [7, 11) is 1.63. The Labute approximate surface area is 220 Å². The van der Waals surface area contributed by atoms with E-state index in [-0.39, 0.29) is 41.6 Å². The summed E-state index contributed by atoms with van der Waals surface area (Å²) in [6, 6.07) is 8.86. The van der Waals surface area contributed by atoms with E-state index in [2.05, 4.69) is 15.4 Å². The van der Waals surface area contributed by atoms with Crippen molar-refractivity contribution in [2.75, 3.05) is 11.9 Å². The summed E-state index contributed by atoms with van der Waals surface area (Å²) < 4.78 is 61.9. The molecule has 0 radical (unpaired) electrons. The number of pyridine rings is 1. The van der Waals surface area contributed by atoms with Crippen molar-refractivity contribution < 1.29 is 27.1 Å². The molecule has 0 saturated carbocycles. The summed E-state index contributed by atoms with van der Waals surface area (Å²) in [4.78, 5) is 26.9. The summed E-state index contributed by atoms with van der Waals surface area (Å²) in [6.45, 7) is 2.01. The molecule has 0 unspecified atom stereocenters. The molecular weight excluding hydrogens is 528 g/mol. The van der Waals surface area contributed by atoms with Gasteiger partial charge in [-0.2, -0.15) is 18.3 Å². The number of hydrogen-bond donors (Lipinski definition) is 2. The molecule has 2 heterocycles. The second-order valence-corrected chi connectivity index (χ2v) is 8.25. The van der Waals surface area contributed by atoms with Crippen molar-refractivity contribution in [3.63, 3.8) is 0 Å². The van der Waals surface area contributed by atoms with Gasteiger partial charge in [0, 0.05) is 36.3 Å². The molecule has 0 bridgehead atoms. The smallest absolute Gasteiger partial charge is 0.416 e. The fourth-order valence-electron chi connectivity index (χ4n) is 3.74. The first-order valence-corrected chi connectivity index (χ1v) is 11.2. The lowest BCUT2D eigenvalue weighted by Crippen LogP contribution is -2.16. The van der Waals surface area contributed by atoms with Crippen LogP contribution in [0.25, 0.3) is 22.3 Å². The zero-order chi connectivity index (χ0) is 26.7. The van der Waals surface area contributed by atoms with Crippen LogP contribution in [-0.4, -0.2) is 27.3 Å². The molecule has 4 aromatic rings. The van der Waals surface area contributed by atoms with Gasteiger partial charge < -0.3 is 15.0 Å². The Hall–Kier alpha value is -4.12. The third-order valence-corrected chi connectivity index (χ3v) is 5.49. The van der Waals surface area contributed by atoms with Gasteiger partial charge in [0.15, 0.2) is 5.75 Å². The SMILES string of the molecule is CCOc1cc(-c2ccc(CC(=O)Nc3cc(-c4cnn(C)c4)cc(C(F)(F)F)c3)c(F)c2)c[nH]c1=O.Cl. The number of rotatable bonds is 7. The average Bonchev–Trinajstić information content (AvgIpc) is 3.27. The van der Waals surface area contributed by atoms with Crippen LogP contribution in [0.15, 0.2) is 65.8 Å². The molecule has 2 aromatic carbocycles. The molecule has 0 aliphatic rings. The second-order valence-electron chi connectivity index (χ2n) is 8.25. The number of H-pyrrole nitrogens is 1. The number of aromatic nitrogens is 3. The number of aryl methyl sites for hydroxylation is 1. The standard InChI is InChI=1S/C26H22F4N4O3.ClH/c1-3-37-23-9-18(12-31-25(23)36)15-4-5-16(22(27)8-15)10-24(35)33-21-7-17(19-13-32-34(2)14-19)6-20(11-21)26(28,29)30;/h4-9,11-14H,3,10H2,1-2H3,(H,31,36)(H,33,35);1H. The normalized spacial score (nSPS) is 11.1. The van der Waals surface area contributed by atoms with Crippen LogP contribution >= 0.6 is 12.4 Å². The van der Waals surface area contributed by atoms with Crippen molar-refractivity contribution in [3.05, 3.63) is 88.4 Å². The molecule has 0 spiro atoms. The number of amides is 1. The first-order chi connectivity index (χ1) is 17.5. The molecular formula is C26H23ClF4N4O3. The lowest BCUT2D eigenvalue weighted by atomic mass is 10.0. The summed E-state index contributed by atoms with van der Waals surface area (Å²) in [6.07, 6.45) is -0.654. The van der Waals surface area contributed by atoms with Gasteiger partial charge in [0.25, 0.3) is 5.56 Å². The number of carbonyl (C=O) groups is 1. The highest BCUT2D eigenvalue weighted by Gasteiger charge is 2.31. The maximum absolute atomic E-state index is 14.8. The van der Waals surface area contributed by atoms with E-state index in [1.54, 1.807) is 26.2 Å². The van der Waals surface area contributed by atoms with Crippen LogP contribution in [0.3, 0.4) is 0 Å². The molecule has 7 nitrogen and oxygen atoms in total. The van der Waals surface area contributed by atoms with Gasteiger partial charge in [0.2, 0.25) is 5.91 Å². The van der Waals surface area contributed by atoms with E-state index in [1.807, 2.05) is 0 Å². The van der Waals surface area contributed by atoms with Crippen LogP contribution in [0, 0.1) is 5.82 Å². The number of alkyl halides is 3. The number of anilines is 1. The largest absolute Gasteiger partial charge is 0.488 e. The van der Waals surface area contributed by atoms with Crippen molar-refractivity contribution in [2.45, 2.75) is 19.5 Å². The highest BCUT2D eigenvalue weighted by Crippen LogP contribution is 2.35. The van der Waals surface area contributed by atoms with Crippen LogP contribution in [0.2, 0.25) is 0 Å². The van der Waals surface area contributed by atoms with Gasteiger partial charge in [-0.1, -0.05) is 12.1 Å². The Kier molecular flexibility index (Phi) is 8.62. The second kappa shape index (κ2) is 11.5. The van der Waals surface area contributed by atoms with E-state index in [9.17, 15) is 27.2 Å². The van der Waals surface area contributed by atoms with Crippen molar-refractivity contribution in [2.24, 2.45) is 7.05 Å². The molecule has 38 heavy (non-hydrogen) atoms. The Balaban J connectivity index is 0.00000400. The molecule has 0 atom stereocenters. The molecule has 0 aliphatic heterocycles. The lowest BCUT2D eigenvalue weighted by Gasteiger charge is -2.13. The predicted octanol–water partition coefficient (Wildman–Crippen LogP) is 5.60. The summed E-state index contributed by atoms with van der Waals surface area (Å²) in [5, 5.41) is 6.40. The van der Waals surface area contributed by atoms with E-state index in [1.165, 1.54) is 41.3 Å². The molecule has 0 saturated heterocycles. The first kappa shape index (κ1) is 28.5. The van der Waals surface area contributed by atoms with Crippen LogP contribution in [0.4, 0.5) is 23.2 Å². The highest BCUT2D eigenvalue weighted by molar-refractivity contribution is 5.93.